The second-order valence-corrected chi connectivity index (χ2v) is 13.3. The van der Waals surface area contributed by atoms with Crippen molar-refractivity contribution < 1.29 is 29.0 Å². The number of fused-ring (bicyclic) bond motifs is 3. The Bertz CT molecular complexity index is 1660. The first-order valence-corrected chi connectivity index (χ1v) is 15.4. The molecule has 2 unspecified atom stereocenters. The summed E-state index contributed by atoms with van der Waals surface area (Å²) >= 11 is 8.36. The number of nitrogens with two attached hydrogens (primary N) is 1. The third-order valence-electron chi connectivity index (χ3n) is 9.25. The Morgan fingerprint density at radius 3 is 2.60 bits per heavy atom. The normalized spacial score (nSPS) is 27.7. The number of thioether (sulfide) groups is 1. The molecule has 1 aromatic heterocycles. The standard InChI is InChI=1S/C28H29ClFN5O6S/c29-19-22-15(24(36)16(27(38)39)9-34(22)14-3-4-14)6-17(30)23(19)33-7-12-2-1-5-32(18(12)10-33)8-13-11-42-26-20(31)25(37)35(26)21(13)28(40)41/h6,9,12,14,18,20,26H,1-5,7-8,10-11,31H2,(H,38,39)(H,40,41)/t12-,18+,20?,26?/m0/s1. The maximum Gasteiger partial charge on any atom is 0.352 e. The molecule has 4 N–H and O–H groups in total. The number of pyridine rings is 1. The Kier molecular flexibility index (Phi) is 6.57. The molecular weight excluding hydrogens is 589 g/mol. The molecule has 42 heavy (non-hydrogen) atoms. The number of piperidine rings is 1. The number of rotatable bonds is 6. The number of carbonyl (C=O) groups excluding carboxylic acids is 1. The maximum atomic E-state index is 15.8. The van der Waals surface area contributed by atoms with Gasteiger partial charge in [0, 0.05) is 43.7 Å². The predicted octanol–water partition coefficient (Wildman–Crippen LogP) is 2.31. The van der Waals surface area contributed by atoms with E-state index in [1.54, 1.807) is 4.57 Å². The Morgan fingerprint density at radius 2 is 1.90 bits per heavy atom. The van der Waals surface area contributed by atoms with Gasteiger partial charge < -0.3 is 25.4 Å². The van der Waals surface area contributed by atoms with Crippen molar-refractivity contribution in [2.75, 3.05) is 36.8 Å². The van der Waals surface area contributed by atoms with Crippen LogP contribution < -0.4 is 16.1 Å². The quantitative estimate of drug-likeness (QED) is 0.412. The summed E-state index contributed by atoms with van der Waals surface area (Å²) in [7, 11) is 0. The SMILES string of the molecule is NC1C(=O)N2C(C(=O)O)=C(CN3CCC[C@H]4CN(c5c(F)cc6c(=O)c(C(=O)O)cn(C7CC7)c6c5Cl)C[C@H]43)CSC12. The number of halogens is 2. The van der Waals surface area contributed by atoms with Crippen LogP contribution in [0, 0.1) is 11.7 Å². The van der Waals surface area contributed by atoms with Crippen molar-refractivity contribution in [2.24, 2.45) is 11.7 Å². The first kappa shape index (κ1) is 27.7. The molecule has 0 spiro atoms. The van der Waals surface area contributed by atoms with E-state index in [0.717, 1.165) is 38.3 Å². The first-order chi connectivity index (χ1) is 20.1. The van der Waals surface area contributed by atoms with Crippen LogP contribution in [0.5, 0.6) is 0 Å². The highest BCUT2D eigenvalue weighted by Gasteiger charge is 2.52. The number of benzene rings is 1. The number of carboxylic acid groups (broad SMARTS) is 2. The van der Waals surface area contributed by atoms with Crippen LogP contribution in [0.4, 0.5) is 10.1 Å². The van der Waals surface area contributed by atoms with Crippen LogP contribution in [0.2, 0.25) is 5.02 Å². The molecule has 1 aliphatic carbocycles. The van der Waals surface area contributed by atoms with Gasteiger partial charge in [-0.05, 0) is 49.8 Å². The second kappa shape index (κ2) is 9.97. The first-order valence-electron chi connectivity index (χ1n) is 14.0. The summed E-state index contributed by atoms with van der Waals surface area (Å²) in [6.45, 7) is 2.10. The van der Waals surface area contributed by atoms with Gasteiger partial charge in [0.2, 0.25) is 11.3 Å². The number of hydrogen-bond acceptors (Lipinski definition) is 8. The van der Waals surface area contributed by atoms with Gasteiger partial charge in [-0.1, -0.05) is 11.6 Å². The van der Waals surface area contributed by atoms with Crippen molar-refractivity contribution >= 4 is 57.8 Å². The van der Waals surface area contributed by atoms with Gasteiger partial charge >= 0.3 is 11.9 Å². The van der Waals surface area contributed by atoms with Crippen LogP contribution in [0.25, 0.3) is 10.9 Å². The topological polar surface area (TPSA) is 149 Å². The molecule has 4 atom stereocenters. The molecule has 1 aromatic carbocycles. The Hall–Kier alpha value is -3.13. The molecule has 0 bridgehead atoms. The number of hydrogen-bond donors (Lipinski definition) is 3. The molecule has 11 nitrogen and oxygen atoms in total. The van der Waals surface area contributed by atoms with E-state index in [1.807, 2.05) is 4.90 Å². The number of aromatic carboxylic acids is 1. The van der Waals surface area contributed by atoms with E-state index in [1.165, 1.54) is 22.9 Å². The summed E-state index contributed by atoms with van der Waals surface area (Å²) in [6.07, 6.45) is 4.75. The minimum atomic E-state index is -1.37. The summed E-state index contributed by atoms with van der Waals surface area (Å²) in [5, 5.41) is 19.2. The average Bonchev–Trinajstić information content (AvgIpc) is 3.71. The van der Waals surface area contributed by atoms with Crippen molar-refractivity contribution in [3.63, 3.8) is 0 Å². The Morgan fingerprint density at radius 1 is 1.14 bits per heavy atom. The van der Waals surface area contributed by atoms with E-state index in [9.17, 15) is 29.4 Å². The number of aromatic nitrogens is 1. The molecule has 5 aliphatic rings. The van der Waals surface area contributed by atoms with Crippen LogP contribution in [0.1, 0.15) is 42.1 Å². The van der Waals surface area contributed by atoms with Gasteiger partial charge in [-0.3, -0.25) is 19.4 Å². The third kappa shape index (κ3) is 4.15. The average molecular weight is 618 g/mol. The maximum absolute atomic E-state index is 15.8. The molecule has 4 fully saturated rings. The number of anilines is 1. The molecular formula is C28H29ClFN5O6S. The Labute approximate surface area is 248 Å². The summed E-state index contributed by atoms with van der Waals surface area (Å²) in [6, 6.07) is 0.418. The van der Waals surface area contributed by atoms with Gasteiger partial charge in [-0.25, -0.2) is 14.0 Å². The smallest absolute Gasteiger partial charge is 0.352 e. The molecule has 4 aliphatic heterocycles. The second-order valence-electron chi connectivity index (χ2n) is 11.8. The molecule has 5 heterocycles. The Balaban J connectivity index is 1.22. The van der Waals surface area contributed by atoms with Gasteiger partial charge in [0.15, 0.2) is 0 Å². The molecule has 1 amide bonds. The summed E-state index contributed by atoms with van der Waals surface area (Å²) in [5.41, 5.74) is 5.94. The lowest BCUT2D eigenvalue weighted by molar-refractivity contribution is -0.148. The number of aliphatic carboxylic acids is 1. The number of nitrogens with zero attached hydrogens (tertiary/aromatic N) is 4. The minimum absolute atomic E-state index is 0.00355. The zero-order valence-electron chi connectivity index (χ0n) is 22.5. The molecule has 222 valence electrons. The fourth-order valence-corrected chi connectivity index (χ4v) is 8.81. The monoisotopic (exact) mass is 617 g/mol. The number of β-lactam (4-membered cyclic amide) rings is 1. The van der Waals surface area contributed by atoms with E-state index in [4.69, 9.17) is 17.3 Å². The highest BCUT2D eigenvalue weighted by molar-refractivity contribution is 8.00. The van der Waals surface area contributed by atoms with Crippen LogP contribution in [-0.2, 0) is 9.59 Å². The molecule has 3 saturated heterocycles. The summed E-state index contributed by atoms with van der Waals surface area (Å²) in [4.78, 5) is 54.8. The molecule has 1 saturated carbocycles. The van der Waals surface area contributed by atoms with Crippen LogP contribution >= 0.6 is 23.4 Å². The van der Waals surface area contributed by atoms with Gasteiger partial charge in [0.1, 0.15) is 28.5 Å². The molecule has 14 heteroatoms. The molecule has 7 rings (SSSR count). The van der Waals surface area contributed by atoms with Crippen LogP contribution in [-0.4, -0.2) is 91.8 Å². The van der Waals surface area contributed by atoms with Crippen molar-refractivity contribution in [3.05, 3.63) is 50.2 Å². The summed E-state index contributed by atoms with van der Waals surface area (Å²) < 4.78 is 17.5. The lowest BCUT2D eigenvalue weighted by atomic mass is 9.91. The summed E-state index contributed by atoms with van der Waals surface area (Å²) in [5.74, 6) is -2.93. The number of carbonyl (C=O) groups is 3. The van der Waals surface area contributed by atoms with Gasteiger partial charge in [0.25, 0.3) is 0 Å². The third-order valence-corrected chi connectivity index (χ3v) is 11.0. The number of likely N-dealkylation sites (tertiary alicyclic amines) is 1. The zero-order chi connectivity index (χ0) is 29.6. The zero-order valence-corrected chi connectivity index (χ0v) is 24.0. The van der Waals surface area contributed by atoms with Gasteiger partial charge in [0.05, 0.1) is 21.6 Å². The van der Waals surface area contributed by atoms with Crippen molar-refractivity contribution in [1.82, 2.24) is 14.4 Å². The minimum Gasteiger partial charge on any atom is -0.477 e. The highest BCUT2D eigenvalue weighted by Crippen LogP contribution is 2.45. The predicted molar refractivity (Wildman–Crippen MR) is 154 cm³/mol. The van der Waals surface area contributed by atoms with Crippen molar-refractivity contribution in [2.45, 2.75) is 49.2 Å². The van der Waals surface area contributed by atoms with E-state index in [0.29, 0.717) is 36.5 Å². The van der Waals surface area contributed by atoms with Crippen LogP contribution in [0.3, 0.4) is 0 Å². The molecule has 0 radical (unpaired) electrons. The van der Waals surface area contributed by atoms with Crippen molar-refractivity contribution in [1.29, 1.82) is 0 Å². The lowest BCUT2D eigenvalue weighted by Gasteiger charge is -2.48. The largest absolute Gasteiger partial charge is 0.477 e. The van der Waals surface area contributed by atoms with E-state index in [2.05, 4.69) is 4.90 Å². The highest BCUT2D eigenvalue weighted by atomic mass is 35.5. The van der Waals surface area contributed by atoms with Gasteiger partial charge in [-0.2, -0.15) is 0 Å². The van der Waals surface area contributed by atoms with E-state index >= 15 is 4.39 Å². The fourth-order valence-electron chi connectivity index (χ4n) is 7.11. The number of amides is 1. The van der Waals surface area contributed by atoms with Crippen molar-refractivity contribution in [3.8, 4) is 0 Å². The fraction of sp³-hybridized carbons (Fsp3) is 0.500. The number of carboxylic acids is 2. The lowest BCUT2D eigenvalue weighted by Crippen LogP contribution is -2.68. The van der Waals surface area contributed by atoms with E-state index in [-0.39, 0.29) is 51.1 Å². The van der Waals surface area contributed by atoms with Crippen LogP contribution in [0.15, 0.2) is 28.3 Å². The van der Waals surface area contributed by atoms with Gasteiger partial charge in [-0.15, -0.1) is 11.8 Å². The van der Waals surface area contributed by atoms with E-state index < -0.39 is 34.8 Å². The molecule has 2 aromatic rings.